The Morgan fingerprint density at radius 2 is 0.927 bits per heavy atom. The van der Waals surface area contributed by atoms with Crippen LogP contribution in [0.2, 0.25) is 0 Å². The molecule has 256 valence electrons. The molecular formula is C50H30N4O. The molecule has 0 N–H and O–H groups in total. The maximum Gasteiger partial charge on any atom is 0.164 e. The zero-order valence-corrected chi connectivity index (χ0v) is 29.5. The minimum Gasteiger partial charge on any atom is -0.456 e. The van der Waals surface area contributed by atoms with Crippen molar-refractivity contribution >= 4 is 32.7 Å². The van der Waals surface area contributed by atoms with Gasteiger partial charge in [0.2, 0.25) is 0 Å². The molecule has 0 spiro atoms. The van der Waals surface area contributed by atoms with Crippen molar-refractivity contribution in [2.45, 2.75) is 0 Å². The molecule has 2 heterocycles. The lowest BCUT2D eigenvalue weighted by molar-refractivity contribution is 0.669. The summed E-state index contributed by atoms with van der Waals surface area (Å²) < 4.78 is 6.53. The fraction of sp³-hybridized carbons (Fsp3) is 0. The molecule has 8 aromatic carbocycles. The normalized spacial score (nSPS) is 11.3. The highest BCUT2D eigenvalue weighted by atomic mass is 16.3. The minimum atomic E-state index is 0.547. The monoisotopic (exact) mass is 702 g/mol. The van der Waals surface area contributed by atoms with Crippen LogP contribution in [-0.4, -0.2) is 15.0 Å². The van der Waals surface area contributed by atoms with Crippen LogP contribution in [0.3, 0.4) is 0 Å². The van der Waals surface area contributed by atoms with Gasteiger partial charge in [-0.2, -0.15) is 5.26 Å². The van der Waals surface area contributed by atoms with E-state index in [1.165, 1.54) is 11.1 Å². The van der Waals surface area contributed by atoms with Crippen molar-refractivity contribution in [1.82, 2.24) is 15.0 Å². The van der Waals surface area contributed by atoms with Gasteiger partial charge in [0.05, 0.1) is 11.6 Å². The van der Waals surface area contributed by atoms with E-state index in [0.717, 1.165) is 71.7 Å². The molecule has 0 unspecified atom stereocenters. The lowest BCUT2D eigenvalue weighted by atomic mass is 9.96. The third-order valence-electron chi connectivity index (χ3n) is 10.2. The Morgan fingerprint density at radius 1 is 0.382 bits per heavy atom. The molecule has 55 heavy (non-hydrogen) atoms. The number of nitrogens with zero attached hydrogens (tertiary/aromatic N) is 4. The van der Waals surface area contributed by atoms with Gasteiger partial charge in [-0.05, 0) is 74.5 Å². The molecule has 2 aromatic heterocycles. The molecule has 5 heteroatoms. The van der Waals surface area contributed by atoms with Crippen LogP contribution in [0.1, 0.15) is 5.56 Å². The van der Waals surface area contributed by atoms with Crippen molar-refractivity contribution in [2.24, 2.45) is 0 Å². The lowest BCUT2D eigenvalue weighted by Gasteiger charge is -2.10. The highest BCUT2D eigenvalue weighted by molar-refractivity contribution is 6.13. The smallest absolute Gasteiger partial charge is 0.164 e. The van der Waals surface area contributed by atoms with E-state index in [1.54, 1.807) is 0 Å². The van der Waals surface area contributed by atoms with E-state index in [1.807, 2.05) is 84.9 Å². The van der Waals surface area contributed by atoms with Gasteiger partial charge in [-0.15, -0.1) is 0 Å². The molecule has 0 saturated heterocycles. The number of rotatable bonds is 6. The van der Waals surface area contributed by atoms with E-state index in [0.29, 0.717) is 23.0 Å². The van der Waals surface area contributed by atoms with Crippen molar-refractivity contribution < 1.29 is 4.42 Å². The largest absolute Gasteiger partial charge is 0.456 e. The molecule has 5 nitrogen and oxygen atoms in total. The second kappa shape index (κ2) is 13.4. The zero-order valence-electron chi connectivity index (χ0n) is 29.5. The third-order valence-corrected chi connectivity index (χ3v) is 10.2. The van der Waals surface area contributed by atoms with Crippen molar-refractivity contribution in [1.29, 1.82) is 5.26 Å². The minimum absolute atomic E-state index is 0.547. The van der Waals surface area contributed by atoms with Crippen LogP contribution in [0.5, 0.6) is 0 Å². The summed E-state index contributed by atoms with van der Waals surface area (Å²) in [5, 5.41) is 14.0. The Labute approximate surface area is 317 Å². The maximum absolute atomic E-state index is 9.69. The van der Waals surface area contributed by atoms with Crippen molar-refractivity contribution in [3.63, 3.8) is 0 Å². The first kappa shape index (κ1) is 32.0. The van der Waals surface area contributed by atoms with Crippen LogP contribution < -0.4 is 0 Å². The van der Waals surface area contributed by atoms with Gasteiger partial charge >= 0.3 is 0 Å². The molecule has 0 aliphatic heterocycles. The van der Waals surface area contributed by atoms with Gasteiger partial charge in [-0.1, -0.05) is 152 Å². The van der Waals surface area contributed by atoms with Crippen LogP contribution in [0.4, 0.5) is 0 Å². The van der Waals surface area contributed by atoms with Gasteiger partial charge in [0.15, 0.2) is 17.5 Å². The summed E-state index contributed by atoms with van der Waals surface area (Å²) in [6.45, 7) is 0. The van der Waals surface area contributed by atoms with Crippen LogP contribution in [0.25, 0.3) is 100 Å². The molecule has 0 aliphatic carbocycles. The first-order valence-corrected chi connectivity index (χ1v) is 18.2. The van der Waals surface area contributed by atoms with Gasteiger partial charge in [0.1, 0.15) is 11.2 Å². The molecule has 0 aliphatic rings. The van der Waals surface area contributed by atoms with Crippen LogP contribution in [0, 0.1) is 11.3 Å². The Hall–Kier alpha value is -7.68. The number of aromatic nitrogens is 3. The van der Waals surface area contributed by atoms with Crippen molar-refractivity contribution in [2.75, 3.05) is 0 Å². The fourth-order valence-corrected chi connectivity index (χ4v) is 7.40. The van der Waals surface area contributed by atoms with Crippen LogP contribution in [-0.2, 0) is 0 Å². The predicted octanol–water partition coefficient (Wildman–Crippen LogP) is 12.8. The molecule has 10 rings (SSSR count). The summed E-state index contributed by atoms with van der Waals surface area (Å²) in [4.78, 5) is 15.1. The lowest BCUT2D eigenvalue weighted by Crippen LogP contribution is -2.00. The van der Waals surface area contributed by atoms with Crippen molar-refractivity contribution in [3.05, 3.63) is 188 Å². The van der Waals surface area contributed by atoms with Crippen molar-refractivity contribution in [3.8, 4) is 73.6 Å². The van der Waals surface area contributed by atoms with Gasteiger partial charge < -0.3 is 4.42 Å². The molecule has 0 fully saturated rings. The molecule has 0 radical (unpaired) electrons. The SMILES string of the molecule is N#Cc1ccccc1-c1ccc(-c2nc(-c3ccc4ccccc4c3)nc(-c3ccc4c(c3)oc3cccc(-c5ccc(-c6ccccc6)cc5)c34)n2)cc1. The van der Waals surface area contributed by atoms with Gasteiger partial charge in [0.25, 0.3) is 0 Å². The van der Waals surface area contributed by atoms with E-state index >= 15 is 0 Å². The number of benzene rings is 8. The maximum atomic E-state index is 9.69. The third kappa shape index (κ3) is 5.89. The zero-order chi connectivity index (χ0) is 36.7. The Kier molecular flexibility index (Phi) is 7.79. The first-order chi connectivity index (χ1) is 27.2. The summed E-state index contributed by atoms with van der Waals surface area (Å²) >= 11 is 0. The number of furan rings is 1. The fourth-order valence-electron chi connectivity index (χ4n) is 7.40. The standard InChI is InChI=1S/C50H30N4O/c51-31-41-13-6-7-14-42(41)35-22-24-37(25-23-35)48-52-49(39-26-19-33-11-4-5-12-38(33)29-39)54-50(53-48)40-27-28-44-46(30-40)55-45-16-8-15-43(47(44)45)36-20-17-34(18-21-36)32-9-2-1-3-10-32/h1-30H. The Balaban J connectivity index is 1.08. The highest BCUT2D eigenvalue weighted by Crippen LogP contribution is 2.39. The number of nitriles is 1. The second-order valence-corrected chi connectivity index (χ2v) is 13.5. The summed E-state index contributed by atoms with van der Waals surface area (Å²) in [6, 6.07) is 64.1. The summed E-state index contributed by atoms with van der Waals surface area (Å²) in [5.41, 5.74) is 11.2. The van der Waals surface area contributed by atoms with E-state index in [-0.39, 0.29) is 0 Å². The number of hydrogen-bond donors (Lipinski definition) is 0. The van der Waals surface area contributed by atoms with Crippen LogP contribution >= 0.6 is 0 Å². The molecule has 0 amide bonds. The van der Waals surface area contributed by atoms with E-state index in [9.17, 15) is 5.26 Å². The molecule has 0 bridgehead atoms. The predicted molar refractivity (Wildman–Crippen MR) is 222 cm³/mol. The molecule has 0 saturated carbocycles. The molecule has 10 aromatic rings. The topological polar surface area (TPSA) is 75.6 Å². The van der Waals surface area contributed by atoms with Gasteiger partial charge in [-0.3, -0.25) is 0 Å². The molecular weight excluding hydrogens is 673 g/mol. The summed E-state index contributed by atoms with van der Waals surface area (Å²) in [6.07, 6.45) is 0. The first-order valence-electron chi connectivity index (χ1n) is 18.2. The second-order valence-electron chi connectivity index (χ2n) is 13.5. The summed E-state index contributed by atoms with van der Waals surface area (Å²) in [7, 11) is 0. The Morgan fingerprint density at radius 3 is 1.69 bits per heavy atom. The number of fused-ring (bicyclic) bond motifs is 4. The van der Waals surface area contributed by atoms with E-state index < -0.39 is 0 Å². The average molecular weight is 703 g/mol. The number of hydrogen-bond acceptors (Lipinski definition) is 5. The van der Waals surface area contributed by atoms with Gasteiger partial charge in [0, 0.05) is 27.5 Å². The highest BCUT2D eigenvalue weighted by Gasteiger charge is 2.17. The molecule has 0 atom stereocenters. The van der Waals surface area contributed by atoms with E-state index in [2.05, 4.69) is 103 Å². The van der Waals surface area contributed by atoms with Gasteiger partial charge in [-0.25, -0.2) is 15.0 Å². The average Bonchev–Trinajstić information content (AvgIpc) is 3.65. The van der Waals surface area contributed by atoms with E-state index in [4.69, 9.17) is 19.4 Å². The van der Waals surface area contributed by atoms with Crippen LogP contribution in [0.15, 0.2) is 186 Å². The Bertz CT molecular complexity index is 3090. The quantitative estimate of drug-likeness (QED) is 0.172. The summed E-state index contributed by atoms with van der Waals surface area (Å²) in [5.74, 6) is 1.68.